The van der Waals surface area contributed by atoms with Gasteiger partial charge in [0.1, 0.15) is 19.2 Å². The molecule has 3 heteroatoms. The number of hydrogen-bond acceptors (Lipinski definition) is 3. The fourth-order valence-electron chi connectivity index (χ4n) is 0.770. The third kappa shape index (κ3) is 2.37. The summed E-state index contributed by atoms with van der Waals surface area (Å²) in [5, 5.41) is 0. The maximum atomic E-state index is 5.13. The van der Waals surface area contributed by atoms with Gasteiger partial charge < -0.3 is 13.9 Å². The molecule has 0 fully saturated rings. The van der Waals surface area contributed by atoms with Crippen LogP contribution in [0, 0.1) is 6.92 Å². The molecule has 1 heterocycles. The van der Waals surface area contributed by atoms with Crippen LogP contribution < -0.4 is 0 Å². The lowest BCUT2D eigenvalue weighted by Crippen LogP contribution is -1.96. The molecule has 0 aliphatic rings. The van der Waals surface area contributed by atoms with Gasteiger partial charge in [-0.15, -0.1) is 0 Å². The Morgan fingerprint density at radius 2 is 2.36 bits per heavy atom. The standard InChI is InChI=1S/C8H12O3/c1-7-3-4-11-8(7)5-10-6-9-2/h3-4H,5-6H2,1-2H3. The summed E-state index contributed by atoms with van der Waals surface area (Å²) in [6.07, 6.45) is 1.65. The lowest BCUT2D eigenvalue weighted by Gasteiger charge is -1.99. The number of methoxy groups -OCH3 is 1. The normalized spacial score (nSPS) is 10.4. The minimum Gasteiger partial charge on any atom is -0.467 e. The first-order valence-corrected chi connectivity index (χ1v) is 3.44. The van der Waals surface area contributed by atoms with Crippen molar-refractivity contribution in [3.05, 3.63) is 23.7 Å². The minimum absolute atomic E-state index is 0.306. The highest BCUT2D eigenvalue weighted by molar-refractivity contribution is 5.13. The molecule has 0 amide bonds. The van der Waals surface area contributed by atoms with Crippen LogP contribution in [0.25, 0.3) is 0 Å². The first-order valence-electron chi connectivity index (χ1n) is 3.44. The number of ether oxygens (including phenoxy) is 2. The van der Waals surface area contributed by atoms with Gasteiger partial charge in [-0.1, -0.05) is 0 Å². The second-order valence-electron chi connectivity index (χ2n) is 2.28. The van der Waals surface area contributed by atoms with E-state index in [-0.39, 0.29) is 0 Å². The fourth-order valence-corrected chi connectivity index (χ4v) is 0.770. The van der Waals surface area contributed by atoms with E-state index < -0.39 is 0 Å². The highest BCUT2D eigenvalue weighted by atomic mass is 16.7. The van der Waals surface area contributed by atoms with Crippen molar-refractivity contribution in [2.75, 3.05) is 13.9 Å². The average molecular weight is 156 g/mol. The van der Waals surface area contributed by atoms with Crippen molar-refractivity contribution in [1.82, 2.24) is 0 Å². The van der Waals surface area contributed by atoms with Gasteiger partial charge in [0.25, 0.3) is 0 Å². The van der Waals surface area contributed by atoms with E-state index in [0.717, 1.165) is 11.3 Å². The quantitative estimate of drug-likeness (QED) is 0.491. The zero-order chi connectivity index (χ0) is 8.10. The van der Waals surface area contributed by atoms with Crippen molar-refractivity contribution in [2.24, 2.45) is 0 Å². The summed E-state index contributed by atoms with van der Waals surface area (Å²) in [5.41, 5.74) is 1.11. The second-order valence-corrected chi connectivity index (χ2v) is 2.28. The van der Waals surface area contributed by atoms with Crippen molar-refractivity contribution in [1.29, 1.82) is 0 Å². The molecule has 1 aromatic rings. The van der Waals surface area contributed by atoms with Crippen LogP contribution in [0.3, 0.4) is 0 Å². The Bertz CT molecular complexity index is 205. The van der Waals surface area contributed by atoms with E-state index in [4.69, 9.17) is 13.9 Å². The lowest BCUT2D eigenvalue weighted by atomic mass is 10.3. The van der Waals surface area contributed by atoms with E-state index in [1.165, 1.54) is 0 Å². The van der Waals surface area contributed by atoms with Gasteiger partial charge in [0.15, 0.2) is 0 Å². The largest absolute Gasteiger partial charge is 0.467 e. The van der Waals surface area contributed by atoms with Crippen molar-refractivity contribution >= 4 is 0 Å². The Balaban J connectivity index is 2.32. The zero-order valence-electron chi connectivity index (χ0n) is 6.79. The highest BCUT2D eigenvalue weighted by Crippen LogP contribution is 2.09. The molecule has 62 valence electrons. The number of furan rings is 1. The molecule has 0 radical (unpaired) electrons. The summed E-state index contributed by atoms with van der Waals surface area (Å²) < 4.78 is 14.9. The Kier molecular flexibility index (Phi) is 3.14. The van der Waals surface area contributed by atoms with Crippen molar-refractivity contribution in [2.45, 2.75) is 13.5 Å². The van der Waals surface area contributed by atoms with Crippen molar-refractivity contribution in [3.63, 3.8) is 0 Å². The first-order chi connectivity index (χ1) is 5.34. The third-order valence-electron chi connectivity index (χ3n) is 1.40. The van der Waals surface area contributed by atoms with Crippen LogP contribution in [-0.2, 0) is 16.1 Å². The summed E-state index contributed by atoms with van der Waals surface area (Å²) in [7, 11) is 1.59. The summed E-state index contributed by atoms with van der Waals surface area (Å²) >= 11 is 0. The topological polar surface area (TPSA) is 31.6 Å². The molecule has 0 N–H and O–H groups in total. The van der Waals surface area contributed by atoms with Gasteiger partial charge in [0.2, 0.25) is 0 Å². The predicted molar refractivity (Wildman–Crippen MR) is 40.1 cm³/mol. The zero-order valence-corrected chi connectivity index (χ0v) is 6.79. The van der Waals surface area contributed by atoms with E-state index in [1.54, 1.807) is 13.4 Å². The van der Waals surface area contributed by atoms with Crippen LogP contribution in [0.1, 0.15) is 11.3 Å². The van der Waals surface area contributed by atoms with Gasteiger partial charge in [-0.25, -0.2) is 0 Å². The third-order valence-corrected chi connectivity index (χ3v) is 1.40. The summed E-state index contributed by atoms with van der Waals surface area (Å²) in [6.45, 7) is 2.77. The molecular formula is C8H12O3. The number of aryl methyl sites for hydroxylation is 1. The summed E-state index contributed by atoms with van der Waals surface area (Å²) in [4.78, 5) is 0. The molecule has 1 rings (SSSR count). The smallest absolute Gasteiger partial charge is 0.146 e. The van der Waals surface area contributed by atoms with Crippen molar-refractivity contribution < 1.29 is 13.9 Å². The van der Waals surface area contributed by atoms with Gasteiger partial charge in [0, 0.05) is 7.11 Å². The van der Waals surface area contributed by atoms with Gasteiger partial charge in [0.05, 0.1) is 6.26 Å². The number of rotatable bonds is 4. The van der Waals surface area contributed by atoms with Crippen LogP contribution in [0.5, 0.6) is 0 Å². The van der Waals surface area contributed by atoms with E-state index in [0.29, 0.717) is 13.4 Å². The SMILES string of the molecule is COCOCc1occc1C. The van der Waals surface area contributed by atoms with Crippen LogP contribution in [0.15, 0.2) is 16.7 Å². The molecule has 0 spiro atoms. The Morgan fingerprint density at radius 3 is 2.91 bits per heavy atom. The molecule has 0 saturated heterocycles. The Hall–Kier alpha value is -0.800. The Morgan fingerprint density at radius 1 is 1.55 bits per heavy atom. The second kappa shape index (κ2) is 4.16. The van der Waals surface area contributed by atoms with Gasteiger partial charge in [-0.3, -0.25) is 0 Å². The van der Waals surface area contributed by atoms with Crippen LogP contribution in [-0.4, -0.2) is 13.9 Å². The average Bonchev–Trinajstić information content (AvgIpc) is 2.37. The monoisotopic (exact) mass is 156 g/mol. The first kappa shape index (κ1) is 8.30. The lowest BCUT2D eigenvalue weighted by molar-refractivity contribution is -0.0442. The minimum atomic E-state index is 0.306. The van der Waals surface area contributed by atoms with Crippen LogP contribution in [0.2, 0.25) is 0 Å². The fraction of sp³-hybridized carbons (Fsp3) is 0.500. The van der Waals surface area contributed by atoms with Crippen LogP contribution >= 0.6 is 0 Å². The number of hydrogen-bond donors (Lipinski definition) is 0. The van der Waals surface area contributed by atoms with Gasteiger partial charge in [-0.05, 0) is 18.6 Å². The summed E-state index contributed by atoms with van der Waals surface area (Å²) in [5.74, 6) is 0.863. The van der Waals surface area contributed by atoms with Gasteiger partial charge >= 0.3 is 0 Å². The van der Waals surface area contributed by atoms with Gasteiger partial charge in [-0.2, -0.15) is 0 Å². The molecule has 0 bridgehead atoms. The molecule has 0 saturated carbocycles. The predicted octanol–water partition coefficient (Wildman–Crippen LogP) is 1.71. The molecule has 3 nitrogen and oxygen atoms in total. The summed E-state index contributed by atoms with van der Waals surface area (Å²) in [6, 6.07) is 1.91. The van der Waals surface area contributed by atoms with Crippen molar-refractivity contribution in [3.8, 4) is 0 Å². The molecular weight excluding hydrogens is 144 g/mol. The van der Waals surface area contributed by atoms with E-state index in [9.17, 15) is 0 Å². The molecule has 1 aromatic heterocycles. The van der Waals surface area contributed by atoms with E-state index in [2.05, 4.69) is 0 Å². The maximum absolute atomic E-state index is 5.13. The molecule has 0 unspecified atom stereocenters. The molecule has 11 heavy (non-hydrogen) atoms. The highest BCUT2D eigenvalue weighted by Gasteiger charge is 1.99. The molecule has 0 atom stereocenters. The van der Waals surface area contributed by atoms with E-state index in [1.807, 2.05) is 13.0 Å². The maximum Gasteiger partial charge on any atom is 0.146 e. The molecule has 0 aliphatic heterocycles. The van der Waals surface area contributed by atoms with E-state index >= 15 is 0 Å². The molecule has 0 aliphatic carbocycles. The van der Waals surface area contributed by atoms with Crippen LogP contribution in [0.4, 0.5) is 0 Å². The Labute approximate surface area is 65.9 Å². The molecule has 0 aromatic carbocycles.